The van der Waals surface area contributed by atoms with Gasteiger partial charge in [0.05, 0.1) is 37.1 Å². The second-order valence-corrected chi connectivity index (χ2v) is 13.6. The second kappa shape index (κ2) is 8.41. The van der Waals surface area contributed by atoms with Crippen molar-refractivity contribution in [2.45, 2.75) is 77.0 Å². The fourth-order valence-electron chi connectivity index (χ4n) is 4.58. The van der Waals surface area contributed by atoms with Gasteiger partial charge >= 0.3 is 0 Å². The van der Waals surface area contributed by atoms with Gasteiger partial charge in [-0.05, 0) is 115 Å². The number of hydrogen-bond acceptors (Lipinski definition) is 9. The van der Waals surface area contributed by atoms with Crippen molar-refractivity contribution in [1.82, 2.24) is 8.75 Å². The molecule has 0 fully saturated rings. The fraction of sp³-hybridized carbons (Fsp3) is 0.414. The largest absolute Gasteiger partial charge is 0.464 e. The van der Waals surface area contributed by atoms with Crippen molar-refractivity contribution in [3.8, 4) is 0 Å². The van der Waals surface area contributed by atoms with Crippen LogP contribution in [0.2, 0.25) is 0 Å². The Morgan fingerprint density at radius 1 is 0.553 bits per heavy atom. The Bertz CT molecular complexity index is 1590. The van der Waals surface area contributed by atoms with E-state index in [-0.39, 0.29) is 23.0 Å². The summed E-state index contributed by atoms with van der Waals surface area (Å²) in [7, 11) is 0. The van der Waals surface area contributed by atoms with E-state index in [2.05, 4.69) is 8.75 Å². The lowest BCUT2D eigenvalue weighted by Crippen LogP contribution is -2.30. The van der Waals surface area contributed by atoms with Gasteiger partial charge < -0.3 is 8.83 Å². The third-order valence-electron chi connectivity index (χ3n) is 7.72. The van der Waals surface area contributed by atoms with E-state index in [9.17, 15) is 14.4 Å². The summed E-state index contributed by atoms with van der Waals surface area (Å²) < 4.78 is 21.4. The molecule has 0 radical (unpaired) electrons. The number of hydrogen-bond donors (Lipinski definition) is 0. The van der Waals surface area contributed by atoms with Gasteiger partial charge in [0, 0.05) is 0 Å². The van der Waals surface area contributed by atoms with Crippen LogP contribution in [0.3, 0.4) is 0 Å². The molecular weight excluding hydrogens is 520 g/mol. The Hall–Kier alpha value is -3.17. The summed E-state index contributed by atoms with van der Waals surface area (Å²) >= 11 is 2.14. The molecule has 0 aliphatic carbocycles. The number of furan rings is 2. The van der Waals surface area contributed by atoms with Crippen LogP contribution < -0.4 is 0 Å². The lowest BCUT2D eigenvalue weighted by Gasteiger charge is -2.22. The van der Waals surface area contributed by atoms with Crippen molar-refractivity contribution >= 4 is 40.4 Å². The van der Waals surface area contributed by atoms with Crippen LogP contribution in [0, 0.1) is 0 Å². The molecule has 198 valence electrons. The quantitative estimate of drug-likeness (QED) is 0.234. The lowest BCUT2D eigenvalue weighted by molar-refractivity contribution is 0.0874. The normalized spacial score (nSPS) is 20.1. The van der Waals surface area contributed by atoms with Gasteiger partial charge in [0.2, 0.25) is 0 Å². The molecule has 1 aliphatic rings. The minimum atomic E-state index is -1.07. The maximum Gasteiger partial charge on any atom is 0.195 e. The Balaban J connectivity index is 1.70. The van der Waals surface area contributed by atoms with Gasteiger partial charge in [0.25, 0.3) is 0 Å². The van der Waals surface area contributed by atoms with Crippen LogP contribution in [-0.4, -0.2) is 26.1 Å². The van der Waals surface area contributed by atoms with E-state index in [1.54, 1.807) is 71.9 Å². The minimum Gasteiger partial charge on any atom is -0.464 e. The first kappa shape index (κ1) is 26.4. The summed E-state index contributed by atoms with van der Waals surface area (Å²) in [6, 6.07) is 10.5. The molecular formula is C29H30N2O5S2. The number of fused-ring (bicyclic) bond motifs is 8. The fourth-order valence-corrected chi connectivity index (χ4v) is 6.40. The number of ketones is 3. The Labute approximate surface area is 229 Å². The molecule has 0 aromatic carbocycles. The Kier molecular flexibility index (Phi) is 5.85. The number of carbonyl (C=O) groups excluding carboxylic acids is 3. The zero-order chi connectivity index (χ0) is 27.8. The third kappa shape index (κ3) is 3.86. The summed E-state index contributed by atoms with van der Waals surface area (Å²) in [6.07, 6.45) is 0. The first-order valence-electron chi connectivity index (χ1n) is 12.4. The molecule has 0 saturated carbocycles. The molecule has 8 bridgehead atoms. The van der Waals surface area contributed by atoms with Crippen molar-refractivity contribution < 1.29 is 23.2 Å². The maximum atomic E-state index is 13.7. The molecule has 4 aromatic heterocycles. The monoisotopic (exact) mass is 550 g/mol. The average Bonchev–Trinajstić information content (AvgIpc) is 3.67. The SMILES string of the molecule is CC1(C)C(=O)c2cc(sn2)C(=O)C(C)(C)c2ccc(o2)C(C)(C)c2cc(sn2)C(=O)C(C)(C)c2ccc1o2. The summed E-state index contributed by atoms with van der Waals surface area (Å²) in [5, 5.41) is 0. The molecule has 0 amide bonds. The molecule has 9 heteroatoms. The van der Waals surface area contributed by atoms with Crippen LogP contribution in [0.4, 0.5) is 0 Å². The molecule has 7 nitrogen and oxygen atoms in total. The van der Waals surface area contributed by atoms with Crippen LogP contribution in [0.25, 0.3) is 0 Å². The highest BCUT2D eigenvalue weighted by Crippen LogP contribution is 2.40. The van der Waals surface area contributed by atoms with Crippen molar-refractivity contribution in [1.29, 1.82) is 0 Å². The number of aromatic nitrogens is 2. The van der Waals surface area contributed by atoms with Gasteiger partial charge in [0.15, 0.2) is 17.3 Å². The first-order chi connectivity index (χ1) is 17.6. The first-order valence-corrected chi connectivity index (χ1v) is 13.9. The van der Waals surface area contributed by atoms with E-state index in [4.69, 9.17) is 8.83 Å². The van der Waals surface area contributed by atoms with Crippen LogP contribution in [-0.2, 0) is 21.7 Å². The number of nitrogens with zero attached hydrogens (tertiary/aromatic N) is 2. The summed E-state index contributed by atoms with van der Waals surface area (Å²) in [5.41, 5.74) is -2.81. The van der Waals surface area contributed by atoms with E-state index < -0.39 is 21.7 Å². The third-order valence-corrected chi connectivity index (χ3v) is 9.30. The molecule has 0 saturated heterocycles. The number of rotatable bonds is 0. The molecule has 5 rings (SSSR count). The van der Waals surface area contributed by atoms with Gasteiger partial charge in [-0.25, -0.2) is 0 Å². The maximum absolute atomic E-state index is 13.7. The van der Waals surface area contributed by atoms with Crippen LogP contribution >= 0.6 is 23.1 Å². The summed E-state index contributed by atoms with van der Waals surface area (Å²) in [5.74, 6) is 1.42. The zero-order valence-electron chi connectivity index (χ0n) is 22.7. The summed E-state index contributed by atoms with van der Waals surface area (Å²) in [6.45, 7) is 14.7. The van der Waals surface area contributed by atoms with E-state index in [0.29, 0.717) is 38.5 Å². The molecule has 0 unspecified atom stereocenters. The van der Waals surface area contributed by atoms with Crippen LogP contribution in [0.15, 0.2) is 45.2 Å². The van der Waals surface area contributed by atoms with Crippen LogP contribution in [0.1, 0.15) is 114 Å². The second-order valence-electron chi connectivity index (χ2n) is 12.0. The van der Waals surface area contributed by atoms with Crippen molar-refractivity contribution in [3.05, 3.63) is 80.6 Å². The van der Waals surface area contributed by atoms with Crippen molar-refractivity contribution in [2.75, 3.05) is 0 Å². The van der Waals surface area contributed by atoms with E-state index >= 15 is 0 Å². The number of Topliss-reactive ketones (excluding diaryl/α,β-unsaturated/α-hetero) is 3. The van der Waals surface area contributed by atoms with E-state index in [0.717, 1.165) is 23.1 Å². The zero-order valence-corrected chi connectivity index (χ0v) is 24.3. The number of carbonyl (C=O) groups is 3. The molecule has 0 atom stereocenters. The van der Waals surface area contributed by atoms with E-state index in [1.165, 1.54) is 0 Å². The topological polar surface area (TPSA) is 103 Å². The summed E-state index contributed by atoms with van der Waals surface area (Å²) in [4.78, 5) is 41.7. The predicted molar refractivity (Wildman–Crippen MR) is 146 cm³/mol. The van der Waals surface area contributed by atoms with Gasteiger partial charge in [-0.1, -0.05) is 0 Å². The Morgan fingerprint density at radius 3 is 1.45 bits per heavy atom. The molecule has 1 aliphatic heterocycles. The van der Waals surface area contributed by atoms with Crippen LogP contribution in [0.5, 0.6) is 0 Å². The van der Waals surface area contributed by atoms with Gasteiger partial charge in [-0.3, -0.25) is 14.4 Å². The highest BCUT2D eigenvalue weighted by Gasteiger charge is 2.42. The standard InChI is InChI=1S/C29H30N2O5S2/c1-26(2)18-14-17(38-31-18)25(34)29(7,8)22-12-11-20(36-22)27(3,4)23(32)15-13-16(37-30-15)24(33)28(5,6)21-10-9-19(26)35-21/h9-14H,1-8H3. The minimum absolute atomic E-state index is 0.129. The van der Waals surface area contributed by atoms with Crippen molar-refractivity contribution in [2.24, 2.45) is 0 Å². The smallest absolute Gasteiger partial charge is 0.195 e. The van der Waals surface area contributed by atoms with Gasteiger partial charge in [0.1, 0.15) is 28.7 Å². The average molecular weight is 551 g/mol. The molecule has 0 spiro atoms. The Morgan fingerprint density at radius 2 is 0.947 bits per heavy atom. The highest BCUT2D eigenvalue weighted by molar-refractivity contribution is 7.08. The predicted octanol–water partition coefficient (Wildman–Crippen LogP) is 6.91. The molecule has 0 N–H and O–H groups in total. The van der Waals surface area contributed by atoms with Crippen molar-refractivity contribution in [3.63, 3.8) is 0 Å². The molecule has 38 heavy (non-hydrogen) atoms. The molecule has 4 aromatic rings. The van der Waals surface area contributed by atoms with Gasteiger partial charge in [-0.15, -0.1) is 0 Å². The lowest BCUT2D eigenvalue weighted by atomic mass is 9.82. The van der Waals surface area contributed by atoms with Gasteiger partial charge in [-0.2, -0.15) is 8.75 Å². The van der Waals surface area contributed by atoms with E-state index in [1.807, 2.05) is 19.9 Å². The molecule has 5 heterocycles. The highest BCUT2D eigenvalue weighted by atomic mass is 32.1.